The highest BCUT2D eigenvalue weighted by molar-refractivity contribution is 5.82. The lowest BCUT2D eigenvalue weighted by Gasteiger charge is -2.40. The summed E-state index contributed by atoms with van der Waals surface area (Å²) in [6.07, 6.45) is 5.80. The number of para-hydroxylation sites is 1. The fourth-order valence-electron chi connectivity index (χ4n) is 5.42. The van der Waals surface area contributed by atoms with Crippen LogP contribution in [0.2, 0.25) is 0 Å². The Bertz CT molecular complexity index is 935. The molecule has 1 atom stereocenters. The van der Waals surface area contributed by atoms with Crippen molar-refractivity contribution in [2.75, 3.05) is 39.8 Å². The summed E-state index contributed by atoms with van der Waals surface area (Å²) in [6, 6.07) is 17.8. The molecule has 1 aliphatic carbocycles. The summed E-state index contributed by atoms with van der Waals surface area (Å²) in [4.78, 5) is 30.4. The van der Waals surface area contributed by atoms with Gasteiger partial charge in [-0.2, -0.15) is 0 Å². The Hall–Kier alpha value is -2.86. The van der Waals surface area contributed by atoms with Gasteiger partial charge in [-0.05, 0) is 42.4 Å². The lowest BCUT2D eigenvalue weighted by molar-refractivity contribution is -0.134. The fourth-order valence-corrected chi connectivity index (χ4v) is 5.42. The summed E-state index contributed by atoms with van der Waals surface area (Å²) in [5.74, 6) is 1.56. The molecule has 2 aromatic carbocycles. The third-order valence-corrected chi connectivity index (χ3v) is 7.26. The van der Waals surface area contributed by atoms with Crippen LogP contribution in [-0.2, 0) is 22.4 Å². The lowest BCUT2D eigenvalue weighted by atomic mass is 9.94. The maximum Gasteiger partial charge on any atom is 0.237 e. The number of carbonyl (C=O) groups excluding carboxylic acids is 2. The van der Waals surface area contributed by atoms with Crippen LogP contribution in [0.5, 0.6) is 5.75 Å². The predicted octanol–water partition coefficient (Wildman–Crippen LogP) is 3.30. The van der Waals surface area contributed by atoms with E-state index in [0.717, 1.165) is 49.2 Å². The van der Waals surface area contributed by atoms with Gasteiger partial charge in [-0.3, -0.25) is 14.5 Å². The van der Waals surface area contributed by atoms with Crippen molar-refractivity contribution in [2.24, 2.45) is 5.92 Å². The molecule has 2 fully saturated rings. The second-order valence-electron chi connectivity index (χ2n) is 9.42. The Labute approximate surface area is 203 Å². The molecule has 0 aromatic heterocycles. The SMILES string of the molecule is COc1ccccc1CCNC(=O)C(C1CCCC1)N1CCN(C(=O)Cc2ccccc2)CC1. The van der Waals surface area contributed by atoms with E-state index in [9.17, 15) is 9.59 Å². The van der Waals surface area contributed by atoms with Crippen LogP contribution in [0, 0.1) is 5.92 Å². The molecule has 2 aliphatic rings. The van der Waals surface area contributed by atoms with E-state index < -0.39 is 0 Å². The average Bonchev–Trinajstić information content (AvgIpc) is 3.40. The molecule has 1 saturated carbocycles. The summed E-state index contributed by atoms with van der Waals surface area (Å²) < 4.78 is 5.44. The molecule has 6 heteroatoms. The molecule has 4 rings (SSSR count). The van der Waals surface area contributed by atoms with E-state index >= 15 is 0 Å². The number of piperazine rings is 1. The molecular weight excluding hydrogens is 426 g/mol. The van der Waals surface area contributed by atoms with Gasteiger partial charge in [0.2, 0.25) is 11.8 Å². The number of nitrogens with one attached hydrogen (secondary N) is 1. The van der Waals surface area contributed by atoms with Gasteiger partial charge in [-0.15, -0.1) is 0 Å². The van der Waals surface area contributed by atoms with Gasteiger partial charge in [-0.25, -0.2) is 0 Å². The molecule has 182 valence electrons. The molecule has 1 saturated heterocycles. The first-order valence-corrected chi connectivity index (χ1v) is 12.6. The van der Waals surface area contributed by atoms with Crippen LogP contribution in [0.1, 0.15) is 36.8 Å². The average molecular weight is 464 g/mol. The minimum atomic E-state index is -0.105. The number of hydrogen-bond acceptors (Lipinski definition) is 4. The summed E-state index contributed by atoms with van der Waals surface area (Å²) in [5, 5.41) is 3.21. The number of nitrogens with zero attached hydrogens (tertiary/aromatic N) is 2. The number of hydrogen-bond donors (Lipinski definition) is 1. The number of benzene rings is 2. The van der Waals surface area contributed by atoms with Gasteiger partial charge in [0.25, 0.3) is 0 Å². The van der Waals surface area contributed by atoms with Gasteiger partial charge in [0.05, 0.1) is 19.6 Å². The van der Waals surface area contributed by atoms with Crippen molar-refractivity contribution in [1.82, 2.24) is 15.1 Å². The number of carbonyl (C=O) groups is 2. The quantitative estimate of drug-likeness (QED) is 0.620. The Balaban J connectivity index is 1.32. The van der Waals surface area contributed by atoms with E-state index in [-0.39, 0.29) is 17.9 Å². The van der Waals surface area contributed by atoms with E-state index in [1.165, 1.54) is 12.8 Å². The van der Waals surface area contributed by atoms with Crippen molar-refractivity contribution in [1.29, 1.82) is 0 Å². The fraction of sp³-hybridized carbons (Fsp3) is 0.500. The lowest BCUT2D eigenvalue weighted by Crippen LogP contribution is -2.58. The van der Waals surface area contributed by atoms with Crippen molar-refractivity contribution in [3.8, 4) is 5.75 Å². The third-order valence-electron chi connectivity index (χ3n) is 7.26. The highest BCUT2D eigenvalue weighted by atomic mass is 16.5. The number of ether oxygens (including phenoxy) is 1. The molecule has 0 radical (unpaired) electrons. The van der Waals surface area contributed by atoms with Crippen molar-refractivity contribution in [3.63, 3.8) is 0 Å². The second-order valence-corrected chi connectivity index (χ2v) is 9.42. The smallest absolute Gasteiger partial charge is 0.237 e. The highest BCUT2D eigenvalue weighted by Crippen LogP contribution is 2.31. The van der Waals surface area contributed by atoms with Gasteiger partial charge in [0.1, 0.15) is 5.75 Å². The highest BCUT2D eigenvalue weighted by Gasteiger charge is 2.37. The largest absolute Gasteiger partial charge is 0.496 e. The van der Waals surface area contributed by atoms with Gasteiger partial charge < -0.3 is 15.0 Å². The van der Waals surface area contributed by atoms with Crippen LogP contribution < -0.4 is 10.1 Å². The molecule has 1 aliphatic heterocycles. The number of amides is 2. The molecule has 0 spiro atoms. The van der Waals surface area contributed by atoms with Crippen molar-refractivity contribution in [2.45, 2.75) is 44.6 Å². The van der Waals surface area contributed by atoms with Gasteiger partial charge in [-0.1, -0.05) is 61.4 Å². The standard InChI is InChI=1S/C28H37N3O3/c1-34-25-14-8-7-11-23(25)15-16-29-28(33)27(24-12-5-6-13-24)31-19-17-30(18-20-31)26(32)21-22-9-3-2-4-10-22/h2-4,7-11,14,24,27H,5-6,12-13,15-21H2,1H3,(H,29,33). The Kier molecular flexibility index (Phi) is 8.58. The van der Waals surface area contributed by atoms with E-state index in [4.69, 9.17) is 4.74 Å². The first kappa shape index (κ1) is 24.3. The Morgan fingerprint density at radius 3 is 2.35 bits per heavy atom. The topological polar surface area (TPSA) is 61.9 Å². The minimum Gasteiger partial charge on any atom is -0.496 e. The van der Waals surface area contributed by atoms with Crippen molar-refractivity contribution < 1.29 is 14.3 Å². The number of rotatable bonds is 9. The summed E-state index contributed by atoms with van der Waals surface area (Å²) >= 11 is 0. The zero-order chi connectivity index (χ0) is 23.8. The van der Waals surface area contributed by atoms with E-state index in [2.05, 4.69) is 10.2 Å². The van der Waals surface area contributed by atoms with E-state index in [1.807, 2.05) is 59.5 Å². The minimum absolute atomic E-state index is 0.105. The Morgan fingerprint density at radius 2 is 1.65 bits per heavy atom. The van der Waals surface area contributed by atoms with Gasteiger partial charge >= 0.3 is 0 Å². The van der Waals surface area contributed by atoms with Crippen LogP contribution in [0.15, 0.2) is 54.6 Å². The molecule has 2 aromatic rings. The molecule has 1 N–H and O–H groups in total. The van der Waals surface area contributed by atoms with E-state index in [1.54, 1.807) is 7.11 Å². The first-order valence-electron chi connectivity index (χ1n) is 12.6. The molecule has 6 nitrogen and oxygen atoms in total. The van der Waals surface area contributed by atoms with Crippen LogP contribution in [0.3, 0.4) is 0 Å². The second kappa shape index (κ2) is 12.0. The zero-order valence-electron chi connectivity index (χ0n) is 20.2. The predicted molar refractivity (Wildman–Crippen MR) is 134 cm³/mol. The maximum absolute atomic E-state index is 13.4. The molecule has 34 heavy (non-hydrogen) atoms. The van der Waals surface area contributed by atoms with Crippen LogP contribution in [-0.4, -0.2) is 67.5 Å². The van der Waals surface area contributed by atoms with Crippen LogP contribution >= 0.6 is 0 Å². The summed E-state index contributed by atoms with van der Waals surface area (Å²) in [7, 11) is 1.68. The Morgan fingerprint density at radius 1 is 0.971 bits per heavy atom. The molecule has 1 heterocycles. The first-order chi connectivity index (χ1) is 16.7. The van der Waals surface area contributed by atoms with Gasteiger partial charge in [0.15, 0.2) is 0 Å². The molecular formula is C28H37N3O3. The normalized spacial score (nSPS) is 18.0. The van der Waals surface area contributed by atoms with Crippen LogP contribution in [0.25, 0.3) is 0 Å². The molecule has 1 unspecified atom stereocenters. The monoisotopic (exact) mass is 463 g/mol. The molecule has 0 bridgehead atoms. The third kappa shape index (κ3) is 6.17. The maximum atomic E-state index is 13.4. The summed E-state index contributed by atoms with van der Waals surface area (Å²) in [6.45, 7) is 3.47. The van der Waals surface area contributed by atoms with Crippen molar-refractivity contribution in [3.05, 3.63) is 65.7 Å². The van der Waals surface area contributed by atoms with Gasteiger partial charge in [0, 0.05) is 32.7 Å². The van der Waals surface area contributed by atoms with Crippen molar-refractivity contribution >= 4 is 11.8 Å². The van der Waals surface area contributed by atoms with E-state index in [0.29, 0.717) is 32.0 Å². The molecule has 2 amide bonds. The zero-order valence-corrected chi connectivity index (χ0v) is 20.2. The summed E-state index contributed by atoms with van der Waals surface area (Å²) in [5.41, 5.74) is 2.15. The van der Waals surface area contributed by atoms with Crippen LogP contribution in [0.4, 0.5) is 0 Å². The number of methoxy groups -OCH3 is 1.